The average Bonchev–Trinajstić information content (AvgIpc) is 3.22. The molecule has 0 unspecified atom stereocenters. The molecule has 4 rings (SSSR count). The van der Waals surface area contributed by atoms with Crippen molar-refractivity contribution in [2.24, 2.45) is 0 Å². The molecule has 0 atom stereocenters. The Morgan fingerprint density at radius 3 is 2.53 bits per heavy atom. The van der Waals surface area contributed by atoms with E-state index in [2.05, 4.69) is 10.2 Å². The van der Waals surface area contributed by atoms with E-state index in [0.717, 1.165) is 11.3 Å². The third kappa shape index (κ3) is 4.25. The zero-order valence-corrected chi connectivity index (χ0v) is 17.7. The fraction of sp³-hybridized carbons (Fsp3) is 0.0870. The number of carbonyl (C=O) groups is 1. The molecule has 0 aliphatic heterocycles. The lowest BCUT2D eigenvalue weighted by atomic mass is 10.1. The van der Waals surface area contributed by atoms with E-state index in [1.54, 1.807) is 19.2 Å². The van der Waals surface area contributed by atoms with Crippen molar-refractivity contribution in [2.75, 3.05) is 12.9 Å². The predicted octanol–water partition coefficient (Wildman–Crippen LogP) is 5.57. The number of methoxy groups -OCH3 is 1. The van der Waals surface area contributed by atoms with Crippen LogP contribution in [0.3, 0.4) is 0 Å². The molecule has 150 valence electrons. The van der Waals surface area contributed by atoms with Crippen molar-refractivity contribution in [1.82, 2.24) is 14.8 Å². The van der Waals surface area contributed by atoms with Crippen molar-refractivity contribution in [3.63, 3.8) is 0 Å². The van der Waals surface area contributed by atoms with Crippen LogP contribution in [0.4, 0.5) is 0 Å². The molecule has 5 nitrogen and oxygen atoms in total. The predicted molar refractivity (Wildman–Crippen MR) is 120 cm³/mol. The van der Waals surface area contributed by atoms with Crippen molar-refractivity contribution in [3.05, 3.63) is 89.4 Å². The lowest BCUT2D eigenvalue weighted by Crippen LogP contribution is -2.06. The van der Waals surface area contributed by atoms with Gasteiger partial charge in [-0.1, -0.05) is 65.8 Å². The first-order valence-electron chi connectivity index (χ1n) is 9.23. The van der Waals surface area contributed by atoms with Crippen LogP contribution < -0.4 is 4.74 Å². The molecule has 0 aliphatic rings. The van der Waals surface area contributed by atoms with Gasteiger partial charge in [-0.3, -0.25) is 9.36 Å². The molecule has 3 aromatic carbocycles. The molecule has 0 spiro atoms. The number of hydrogen-bond donors (Lipinski definition) is 0. The first-order valence-corrected chi connectivity index (χ1v) is 10.6. The molecule has 4 aromatic rings. The Balaban J connectivity index is 1.68. The normalized spacial score (nSPS) is 10.7. The molecular formula is C23H18ClN3O2S. The molecule has 0 fully saturated rings. The van der Waals surface area contributed by atoms with E-state index in [0.29, 0.717) is 27.3 Å². The van der Waals surface area contributed by atoms with Crippen LogP contribution >= 0.6 is 23.4 Å². The van der Waals surface area contributed by atoms with Crippen molar-refractivity contribution in [3.8, 4) is 22.8 Å². The minimum atomic E-state index is -0.0376. The summed E-state index contributed by atoms with van der Waals surface area (Å²) < 4.78 is 7.25. The number of thioether (sulfide) groups is 1. The first kappa shape index (κ1) is 20.2. The Bertz CT molecular complexity index is 1180. The number of carbonyl (C=O) groups excluding carboxylic acids is 1. The monoisotopic (exact) mass is 435 g/mol. The summed E-state index contributed by atoms with van der Waals surface area (Å²) in [6.07, 6.45) is 0. The van der Waals surface area contributed by atoms with Gasteiger partial charge in [0.2, 0.25) is 0 Å². The lowest BCUT2D eigenvalue weighted by molar-refractivity contribution is 0.101. The Hall–Kier alpha value is -3.09. The molecule has 0 radical (unpaired) electrons. The van der Waals surface area contributed by atoms with E-state index in [1.165, 1.54) is 11.8 Å². The summed E-state index contributed by atoms with van der Waals surface area (Å²) >= 11 is 7.51. The highest BCUT2D eigenvalue weighted by Crippen LogP contribution is 2.30. The minimum absolute atomic E-state index is 0.0376. The van der Waals surface area contributed by atoms with E-state index in [9.17, 15) is 4.79 Å². The maximum atomic E-state index is 12.8. The molecule has 0 amide bonds. The van der Waals surface area contributed by atoms with E-state index >= 15 is 0 Å². The van der Waals surface area contributed by atoms with E-state index < -0.39 is 0 Å². The Morgan fingerprint density at radius 2 is 1.77 bits per heavy atom. The van der Waals surface area contributed by atoms with Crippen LogP contribution in [-0.4, -0.2) is 33.4 Å². The number of nitrogens with zero attached hydrogens (tertiary/aromatic N) is 3. The number of halogens is 1. The highest BCUT2D eigenvalue weighted by Gasteiger charge is 2.19. The fourth-order valence-corrected chi connectivity index (χ4v) is 4.10. The third-order valence-electron chi connectivity index (χ3n) is 4.47. The second-order valence-electron chi connectivity index (χ2n) is 6.40. The molecule has 0 saturated heterocycles. The van der Waals surface area contributed by atoms with Gasteiger partial charge in [0.25, 0.3) is 0 Å². The van der Waals surface area contributed by atoms with Gasteiger partial charge in [0.05, 0.1) is 18.4 Å². The second kappa shape index (κ2) is 9.15. The molecule has 0 saturated carbocycles. The van der Waals surface area contributed by atoms with E-state index in [1.807, 2.05) is 71.3 Å². The molecule has 0 aliphatic carbocycles. The third-order valence-corrected chi connectivity index (χ3v) is 5.63. The molecule has 1 heterocycles. The van der Waals surface area contributed by atoms with Crippen molar-refractivity contribution >= 4 is 29.1 Å². The molecule has 30 heavy (non-hydrogen) atoms. The summed E-state index contributed by atoms with van der Waals surface area (Å²) in [6, 6.07) is 24.5. The zero-order valence-electron chi connectivity index (χ0n) is 16.2. The standard InChI is InChI=1S/C23H18ClN3O2S/c1-29-21-13-6-5-12-19(21)20(28)15-30-23-26-25-22(16-8-7-9-17(24)14-16)27(23)18-10-3-2-4-11-18/h2-14H,15H2,1H3. The Kier molecular flexibility index (Phi) is 6.16. The highest BCUT2D eigenvalue weighted by molar-refractivity contribution is 7.99. The van der Waals surface area contributed by atoms with Crippen LogP contribution in [-0.2, 0) is 0 Å². The van der Waals surface area contributed by atoms with E-state index in [-0.39, 0.29) is 11.5 Å². The Labute approximate surface area is 183 Å². The first-order chi connectivity index (χ1) is 14.7. The van der Waals surface area contributed by atoms with Crippen LogP contribution in [0.2, 0.25) is 5.02 Å². The number of aromatic nitrogens is 3. The van der Waals surface area contributed by atoms with Crippen LogP contribution in [0.1, 0.15) is 10.4 Å². The second-order valence-corrected chi connectivity index (χ2v) is 7.78. The zero-order chi connectivity index (χ0) is 20.9. The number of ketones is 1. The quantitative estimate of drug-likeness (QED) is 0.280. The summed E-state index contributed by atoms with van der Waals surface area (Å²) in [6.45, 7) is 0. The van der Waals surface area contributed by atoms with Gasteiger partial charge in [-0.15, -0.1) is 10.2 Å². The van der Waals surface area contributed by atoms with Gasteiger partial charge in [0.15, 0.2) is 16.8 Å². The van der Waals surface area contributed by atoms with Crippen LogP contribution in [0.5, 0.6) is 5.75 Å². The summed E-state index contributed by atoms with van der Waals surface area (Å²) in [4.78, 5) is 12.8. The SMILES string of the molecule is COc1ccccc1C(=O)CSc1nnc(-c2cccc(Cl)c2)n1-c1ccccc1. The number of rotatable bonds is 7. The Morgan fingerprint density at radius 1 is 1.00 bits per heavy atom. The smallest absolute Gasteiger partial charge is 0.196 e. The summed E-state index contributed by atoms with van der Waals surface area (Å²) in [5, 5.41) is 9.99. The average molecular weight is 436 g/mol. The van der Waals surface area contributed by atoms with Gasteiger partial charge in [0.1, 0.15) is 5.75 Å². The molecule has 0 bridgehead atoms. The maximum Gasteiger partial charge on any atom is 0.196 e. The minimum Gasteiger partial charge on any atom is -0.496 e. The van der Waals surface area contributed by atoms with Gasteiger partial charge >= 0.3 is 0 Å². The van der Waals surface area contributed by atoms with Crippen LogP contribution in [0.15, 0.2) is 84.0 Å². The number of ether oxygens (including phenoxy) is 1. The fourth-order valence-electron chi connectivity index (χ4n) is 3.07. The van der Waals surface area contributed by atoms with Crippen molar-refractivity contribution in [1.29, 1.82) is 0 Å². The van der Waals surface area contributed by atoms with Crippen molar-refractivity contribution < 1.29 is 9.53 Å². The largest absolute Gasteiger partial charge is 0.496 e. The lowest BCUT2D eigenvalue weighted by Gasteiger charge is -2.11. The van der Waals surface area contributed by atoms with Gasteiger partial charge < -0.3 is 4.74 Å². The van der Waals surface area contributed by atoms with Crippen molar-refractivity contribution in [2.45, 2.75) is 5.16 Å². The summed E-state index contributed by atoms with van der Waals surface area (Å²) in [5.41, 5.74) is 2.31. The number of benzene rings is 3. The highest BCUT2D eigenvalue weighted by atomic mass is 35.5. The maximum absolute atomic E-state index is 12.8. The molecule has 7 heteroatoms. The topological polar surface area (TPSA) is 57.0 Å². The summed E-state index contributed by atoms with van der Waals surface area (Å²) in [5.74, 6) is 1.40. The summed E-state index contributed by atoms with van der Waals surface area (Å²) in [7, 11) is 1.56. The molecule has 0 N–H and O–H groups in total. The van der Waals surface area contributed by atoms with Gasteiger partial charge in [-0.25, -0.2) is 0 Å². The van der Waals surface area contributed by atoms with Gasteiger partial charge in [0, 0.05) is 16.3 Å². The number of hydrogen-bond acceptors (Lipinski definition) is 5. The molecular weight excluding hydrogens is 418 g/mol. The van der Waals surface area contributed by atoms with Crippen LogP contribution in [0, 0.1) is 0 Å². The van der Waals surface area contributed by atoms with Crippen LogP contribution in [0.25, 0.3) is 17.1 Å². The number of Topliss-reactive ketones (excluding diaryl/α,β-unsaturated/α-hetero) is 1. The van der Waals surface area contributed by atoms with Gasteiger partial charge in [-0.05, 0) is 36.4 Å². The number of para-hydroxylation sites is 2. The molecule has 1 aromatic heterocycles. The van der Waals surface area contributed by atoms with Gasteiger partial charge in [-0.2, -0.15) is 0 Å². The van der Waals surface area contributed by atoms with E-state index in [4.69, 9.17) is 16.3 Å².